The van der Waals surface area contributed by atoms with Gasteiger partial charge in [-0.05, 0) is 24.5 Å². The van der Waals surface area contributed by atoms with Crippen LogP contribution in [0.1, 0.15) is 49.1 Å². The van der Waals surface area contributed by atoms with Gasteiger partial charge in [0.15, 0.2) is 11.8 Å². The average Bonchev–Trinajstić information content (AvgIpc) is 3.13. The van der Waals surface area contributed by atoms with Gasteiger partial charge in [0, 0.05) is 26.1 Å². The minimum atomic E-state index is -4.34. The van der Waals surface area contributed by atoms with E-state index in [2.05, 4.69) is 25.8 Å². The SMILES string of the molecule is CN=C(NCc1nncn1C)NCC1(c2cccc(C(F)(F)F)c2)CCCCC1. The molecule has 3 rings (SSSR count). The zero-order chi connectivity index (χ0) is 20.9. The standard InChI is InChI=1S/C20H27F3N6/c1-24-18(25-12-17-28-27-14-29(17)2)26-13-19(9-4-3-5-10-19)15-7-6-8-16(11-15)20(21,22)23/h6-8,11,14H,3-5,9-10,12-13H2,1-2H3,(H2,24,25,26). The molecular formula is C20H27F3N6. The van der Waals surface area contributed by atoms with Crippen molar-refractivity contribution >= 4 is 5.96 Å². The number of nitrogens with one attached hydrogen (secondary N) is 2. The second-order valence-corrected chi connectivity index (χ2v) is 7.56. The van der Waals surface area contributed by atoms with Gasteiger partial charge in [0.2, 0.25) is 0 Å². The molecule has 2 N–H and O–H groups in total. The first-order chi connectivity index (χ1) is 13.8. The third kappa shape index (κ3) is 5.07. The number of benzene rings is 1. The van der Waals surface area contributed by atoms with E-state index in [0.29, 0.717) is 19.0 Å². The summed E-state index contributed by atoms with van der Waals surface area (Å²) < 4.78 is 41.5. The highest BCUT2D eigenvalue weighted by Gasteiger charge is 2.37. The van der Waals surface area contributed by atoms with Crippen LogP contribution < -0.4 is 10.6 Å². The molecule has 158 valence electrons. The number of hydrogen-bond donors (Lipinski definition) is 2. The number of alkyl halides is 3. The Morgan fingerprint density at radius 2 is 1.97 bits per heavy atom. The van der Waals surface area contributed by atoms with E-state index < -0.39 is 11.7 Å². The van der Waals surface area contributed by atoms with E-state index in [0.717, 1.165) is 49.6 Å². The van der Waals surface area contributed by atoms with E-state index in [1.54, 1.807) is 13.4 Å². The Balaban J connectivity index is 1.74. The molecule has 0 saturated heterocycles. The topological polar surface area (TPSA) is 67.1 Å². The summed E-state index contributed by atoms with van der Waals surface area (Å²) >= 11 is 0. The van der Waals surface area contributed by atoms with Gasteiger partial charge in [0.05, 0.1) is 12.1 Å². The molecule has 1 fully saturated rings. The van der Waals surface area contributed by atoms with Crippen LogP contribution in [0.5, 0.6) is 0 Å². The molecule has 29 heavy (non-hydrogen) atoms. The number of nitrogens with zero attached hydrogens (tertiary/aromatic N) is 4. The maximum absolute atomic E-state index is 13.2. The van der Waals surface area contributed by atoms with Crippen molar-refractivity contribution in [2.24, 2.45) is 12.0 Å². The van der Waals surface area contributed by atoms with Gasteiger partial charge in [-0.25, -0.2) is 0 Å². The molecule has 9 heteroatoms. The Morgan fingerprint density at radius 3 is 2.59 bits per heavy atom. The van der Waals surface area contributed by atoms with Crippen LogP contribution >= 0.6 is 0 Å². The van der Waals surface area contributed by atoms with Crippen LogP contribution in [-0.2, 0) is 25.2 Å². The molecule has 0 spiro atoms. The van der Waals surface area contributed by atoms with Crippen molar-refractivity contribution in [3.05, 3.63) is 47.5 Å². The highest BCUT2D eigenvalue weighted by Crippen LogP contribution is 2.41. The van der Waals surface area contributed by atoms with Crippen LogP contribution in [0.15, 0.2) is 35.6 Å². The zero-order valence-electron chi connectivity index (χ0n) is 16.8. The Bertz CT molecular complexity index is 837. The Kier molecular flexibility index (Phi) is 6.44. The first-order valence-electron chi connectivity index (χ1n) is 9.79. The number of aryl methyl sites for hydroxylation is 1. The van der Waals surface area contributed by atoms with Crippen LogP contribution in [0, 0.1) is 0 Å². The van der Waals surface area contributed by atoms with Gasteiger partial charge in [-0.3, -0.25) is 4.99 Å². The van der Waals surface area contributed by atoms with E-state index in [9.17, 15) is 13.2 Å². The number of halogens is 3. The number of aliphatic imine (C=N–C) groups is 1. The summed E-state index contributed by atoms with van der Waals surface area (Å²) in [6, 6.07) is 5.77. The molecule has 0 atom stereocenters. The Morgan fingerprint density at radius 1 is 1.21 bits per heavy atom. The Hall–Kier alpha value is -2.58. The summed E-state index contributed by atoms with van der Waals surface area (Å²) in [6.07, 6.45) is 2.10. The normalized spacial score (nSPS) is 17.2. The molecule has 0 bridgehead atoms. The molecule has 6 nitrogen and oxygen atoms in total. The molecule has 1 aliphatic rings. The van der Waals surface area contributed by atoms with Gasteiger partial charge >= 0.3 is 6.18 Å². The molecule has 0 radical (unpaired) electrons. The molecule has 0 aliphatic heterocycles. The number of rotatable bonds is 5. The van der Waals surface area contributed by atoms with E-state index in [1.165, 1.54) is 12.1 Å². The number of guanidine groups is 1. The molecular weight excluding hydrogens is 381 g/mol. The summed E-state index contributed by atoms with van der Waals surface area (Å²) in [5, 5.41) is 14.4. The summed E-state index contributed by atoms with van der Waals surface area (Å²) in [6.45, 7) is 0.972. The summed E-state index contributed by atoms with van der Waals surface area (Å²) in [5.41, 5.74) is -0.199. The van der Waals surface area contributed by atoms with E-state index in [1.807, 2.05) is 17.7 Å². The molecule has 0 amide bonds. The monoisotopic (exact) mass is 408 g/mol. The van der Waals surface area contributed by atoms with E-state index in [4.69, 9.17) is 0 Å². The van der Waals surface area contributed by atoms with E-state index in [-0.39, 0.29) is 5.41 Å². The van der Waals surface area contributed by atoms with Gasteiger partial charge < -0.3 is 15.2 Å². The predicted molar refractivity (Wildman–Crippen MR) is 105 cm³/mol. The maximum Gasteiger partial charge on any atom is 0.416 e. The minimum Gasteiger partial charge on any atom is -0.356 e. The highest BCUT2D eigenvalue weighted by molar-refractivity contribution is 5.79. The lowest BCUT2D eigenvalue weighted by atomic mass is 9.69. The van der Waals surface area contributed by atoms with Gasteiger partial charge in [-0.15, -0.1) is 10.2 Å². The minimum absolute atomic E-state index is 0.345. The van der Waals surface area contributed by atoms with Crippen molar-refractivity contribution < 1.29 is 13.2 Å². The molecule has 1 aromatic carbocycles. The van der Waals surface area contributed by atoms with Crippen LogP contribution in [0.2, 0.25) is 0 Å². The molecule has 1 saturated carbocycles. The summed E-state index contributed by atoms with van der Waals surface area (Å²) in [7, 11) is 3.53. The van der Waals surface area contributed by atoms with Gasteiger partial charge in [-0.1, -0.05) is 37.5 Å². The lowest BCUT2D eigenvalue weighted by molar-refractivity contribution is -0.137. The van der Waals surface area contributed by atoms with Crippen molar-refractivity contribution in [1.82, 2.24) is 25.4 Å². The molecule has 2 aromatic rings. The first-order valence-corrected chi connectivity index (χ1v) is 9.79. The molecule has 1 heterocycles. The molecule has 0 unspecified atom stereocenters. The molecule has 1 aliphatic carbocycles. The Labute approximate surface area is 168 Å². The van der Waals surface area contributed by atoms with Crippen LogP contribution in [0.4, 0.5) is 13.2 Å². The molecule has 1 aromatic heterocycles. The highest BCUT2D eigenvalue weighted by atomic mass is 19.4. The second kappa shape index (κ2) is 8.84. The lowest BCUT2D eigenvalue weighted by Gasteiger charge is -2.38. The van der Waals surface area contributed by atoms with Crippen LogP contribution in [0.25, 0.3) is 0 Å². The van der Waals surface area contributed by atoms with Crippen molar-refractivity contribution in [2.45, 2.75) is 50.2 Å². The summed E-state index contributed by atoms with van der Waals surface area (Å²) in [4.78, 5) is 4.24. The zero-order valence-corrected chi connectivity index (χ0v) is 16.8. The third-order valence-corrected chi connectivity index (χ3v) is 5.65. The number of aromatic nitrogens is 3. The summed E-state index contributed by atoms with van der Waals surface area (Å²) in [5.74, 6) is 1.35. The van der Waals surface area contributed by atoms with Gasteiger partial charge in [0.25, 0.3) is 0 Å². The fraction of sp³-hybridized carbons (Fsp3) is 0.550. The van der Waals surface area contributed by atoms with Gasteiger partial charge in [0.1, 0.15) is 6.33 Å². The van der Waals surface area contributed by atoms with Crippen LogP contribution in [-0.4, -0.2) is 34.3 Å². The maximum atomic E-state index is 13.2. The largest absolute Gasteiger partial charge is 0.416 e. The number of hydrogen-bond acceptors (Lipinski definition) is 3. The fourth-order valence-corrected chi connectivity index (χ4v) is 3.92. The lowest BCUT2D eigenvalue weighted by Crippen LogP contribution is -2.46. The second-order valence-electron chi connectivity index (χ2n) is 7.56. The predicted octanol–water partition coefficient (Wildman–Crippen LogP) is 3.40. The van der Waals surface area contributed by atoms with Gasteiger partial charge in [-0.2, -0.15) is 13.2 Å². The fourth-order valence-electron chi connectivity index (χ4n) is 3.92. The van der Waals surface area contributed by atoms with E-state index >= 15 is 0 Å². The average molecular weight is 408 g/mol. The van der Waals surface area contributed by atoms with Crippen molar-refractivity contribution in [3.8, 4) is 0 Å². The van der Waals surface area contributed by atoms with Crippen molar-refractivity contribution in [2.75, 3.05) is 13.6 Å². The first kappa shape index (κ1) is 21.1. The van der Waals surface area contributed by atoms with Crippen LogP contribution in [0.3, 0.4) is 0 Å². The van der Waals surface area contributed by atoms with Crippen molar-refractivity contribution in [3.63, 3.8) is 0 Å². The van der Waals surface area contributed by atoms with Crippen molar-refractivity contribution in [1.29, 1.82) is 0 Å². The smallest absolute Gasteiger partial charge is 0.356 e. The third-order valence-electron chi connectivity index (χ3n) is 5.65. The quantitative estimate of drug-likeness (QED) is 0.588.